The molecule has 0 spiro atoms. The average Bonchev–Trinajstić information content (AvgIpc) is 3.24. The second-order valence-corrected chi connectivity index (χ2v) is 17.1. The van der Waals surface area contributed by atoms with Gasteiger partial charge in [0.05, 0.1) is 31.1 Å². The van der Waals surface area contributed by atoms with E-state index in [4.69, 9.17) is 20.0 Å². The van der Waals surface area contributed by atoms with Gasteiger partial charge in [0.25, 0.3) is 17.7 Å². The van der Waals surface area contributed by atoms with Crippen LogP contribution in [-0.2, 0) is 52.7 Å². The highest BCUT2D eigenvalue weighted by molar-refractivity contribution is 5.95. The van der Waals surface area contributed by atoms with Crippen LogP contribution >= 0.6 is 0 Å². The van der Waals surface area contributed by atoms with Crippen LogP contribution < -0.4 is 32.5 Å². The van der Waals surface area contributed by atoms with Gasteiger partial charge in [0.1, 0.15) is 42.6 Å². The van der Waals surface area contributed by atoms with Crippen molar-refractivity contribution < 1.29 is 52.7 Å². The first-order valence-electron chi connectivity index (χ1n) is 21.8. The summed E-state index contributed by atoms with van der Waals surface area (Å²) < 4.78 is 12.3. The van der Waals surface area contributed by atoms with Crippen molar-refractivity contribution >= 4 is 47.8 Å². The Hall–Kier alpha value is -4.24. The molecule has 10 unspecified atom stereocenters. The molecule has 7 N–H and O–H groups in total. The topological polar surface area (TPSA) is 260 Å². The van der Waals surface area contributed by atoms with Crippen molar-refractivity contribution in [1.29, 1.82) is 0 Å². The Labute approximate surface area is 359 Å². The molecular formula is C41H71N9O11. The van der Waals surface area contributed by atoms with Crippen molar-refractivity contribution in [2.24, 2.45) is 29.4 Å². The minimum Gasteiger partial charge on any atom is -0.458 e. The minimum atomic E-state index is -1.51. The molecule has 0 aromatic rings. The van der Waals surface area contributed by atoms with Crippen molar-refractivity contribution in [3.63, 3.8) is 0 Å². The third-order valence-corrected chi connectivity index (χ3v) is 11.6. The highest BCUT2D eigenvalue weighted by Gasteiger charge is 2.46. The fourth-order valence-electron chi connectivity index (χ4n) is 7.78. The van der Waals surface area contributed by atoms with E-state index in [1.54, 1.807) is 34.7 Å². The van der Waals surface area contributed by atoms with Crippen LogP contribution in [0.3, 0.4) is 0 Å². The van der Waals surface area contributed by atoms with E-state index in [0.717, 1.165) is 22.9 Å². The molecule has 0 saturated carbocycles. The Kier molecular flexibility index (Phi) is 20.5. The molecule has 3 aliphatic rings. The number of nitrogens with two attached hydrogens (primary N) is 1. The standard InChI is InChI=1S/C41H71N9O11/c1-23(2)20-29-14-15-32(59-28(29)8)25(5)37(54)47-35(36(24(3)4)60-41(58)26(6)43-9)40(57)49-31(13-11-19-46-49)39(56)50(61-34(53)16-17-42)27(7)38(55)44-21-33(52)48-30(22-51)12-10-18-45-48/h22-32,35-36,43,45-46H,10-21,42H2,1-9H3,(H,44,55)(H,47,54). The van der Waals surface area contributed by atoms with Gasteiger partial charge in [-0.05, 0) is 90.5 Å². The Morgan fingerprint density at radius 3 is 2.16 bits per heavy atom. The van der Waals surface area contributed by atoms with E-state index in [0.29, 0.717) is 55.4 Å². The summed E-state index contributed by atoms with van der Waals surface area (Å²) in [6.07, 6.45) is 2.65. The molecule has 3 fully saturated rings. The second-order valence-electron chi connectivity index (χ2n) is 17.1. The molecule has 5 amide bonds. The minimum absolute atomic E-state index is 0.0500. The monoisotopic (exact) mass is 866 g/mol. The van der Waals surface area contributed by atoms with Crippen LogP contribution in [0.15, 0.2) is 0 Å². The Morgan fingerprint density at radius 2 is 1.57 bits per heavy atom. The summed E-state index contributed by atoms with van der Waals surface area (Å²) in [5, 5.41) is 10.9. The number of rotatable bonds is 19. The number of likely N-dealkylation sites (N-methyl/N-ethyl adjacent to an activating group) is 1. The molecule has 10 atom stereocenters. The van der Waals surface area contributed by atoms with E-state index >= 15 is 0 Å². The van der Waals surface area contributed by atoms with Crippen molar-refractivity contribution in [2.75, 3.05) is 33.2 Å². The number of hydroxylamine groups is 2. The van der Waals surface area contributed by atoms with Crippen molar-refractivity contribution in [3.8, 4) is 0 Å². The van der Waals surface area contributed by atoms with Crippen LogP contribution in [0.25, 0.3) is 0 Å². The van der Waals surface area contributed by atoms with Gasteiger partial charge in [0, 0.05) is 19.6 Å². The predicted octanol–water partition coefficient (Wildman–Crippen LogP) is -0.157. The lowest BCUT2D eigenvalue weighted by atomic mass is 9.83. The normalized spacial score (nSPS) is 24.4. The van der Waals surface area contributed by atoms with E-state index in [9.17, 15) is 38.4 Å². The molecule has 346 valence electrons. The summed E-state index contributed by atoms with van der Waals surface area (Å²) in [5.41, 5.74) is 11.4. The van der Waals surface area contributed by atoms with Gasteiger partial charge in [0.15, 0.2) is 0 Å². The smallest absolute Gasteiger partial charge is 0.333 e. The van der Waals surface area contributed by atoms with Crippen LogP contribution in [0.5, 0.6) is 0 Å². The van der Waals surface area contributed by atoms with Gasteiger partial charge in [-0.1, -0.05) is 34.6 Å². The lowest BCUT2D eigenvalue weighted by Gasteiger charge is -2.42. The molecule has 61 heavy (non-hydrogen) atoms. The third kappa shape index (κ3) is 14.1. The maximum atomic E-state index is 14.9. The molecule has 20 heteroatoms. The zero-order chi connectivity index (χ0) is 45.6. The van der Waals surface area contributed by atoms with Crippen LogP contribution in [0.2, 0.25) is 0 Å². The zero-order valence-corrected chi connectivity index (χ0v) is 37.4. The molecule has 0 aliphatic carbocycles. The maximum absolute atomic E-state index is 14.9. The van der Waals surface area contributed by atoms with Crippen LogP contribution in [-0.4, -0.2) is 145 Å². The second kappa shape index (κ2) is 24.4. The summed E-state index contributed by atoms with van der Waals surface area (Å²) in [6, 6.07) is -5.88. The SMILES string of the molecule is CNC(C)C(=O)OC(C(C)C)C(NC(=O)C(C)C1CCC(CC(C)C)C(C)O1)C(=O)N1NCCCC1C(=O)N(OC(=O)CCN)C(C)C(=O)NCC(=O)N1NCCCC1C=O. The van der Waals surface area contributed by atoms with Gasteiger partial charge in [-0.2, -0.15) is 5.06 Å². The maximum Gasteiger partial charge on any atom is 0.333 e. The number of ether oxygens (including phenoxy) is 2. The number of aldehydes is 1. The molecule has 0 radical (unpaired) electrons. The molecule has 0 aromatic heterocycles. The number of amides is 5. The van der Waals surface area contributed by atoms with Crippen LogP contribution in [0.1, 0.15) is 107 Å². The van der Waals surface area contributed by atoms with Gasteiger partial charge in [-0.25, -0.2) is 15.6 Å². The van der Waals surface area contributed by atoms with Crippen molar-refractivity contribution in [3.05, 3.63) is 0 Å². The number of carbonyl (C=O) groups is 8. The van der Waals surface area contributed by atoms with Gasteiger partial charge in [-0.3, -0.25) is 38.8 Å². The fraction of sp³-hybridized carbons (Fsp3) is 0.805. The summed E-state index contributed by atoms with van der Waals surface area (Å²) in [6.45, 7) is 14.4. The molecule has 3 aliphatic heterocycles. The Balaban J connectivity index is 1.94. The van der Waals surface area contributed by atoms with Gasteiger partial charge in [-0.15, -0.1) is 0 Å². The van der Waals surface area contributed by atoms with Gasteiger partial charge < -0.3 is 40.8 Å². The van der Waals surface area contributed by atoms with E-state index in [-0.39, 0.29) is 32.0 Å². The third-order valence-electron chi connectivity index (χ3n) is 11.6. The lowest BCUT2D eigenvalue weighted by molar-refractivity contribution is -0.211. The quantitative estimate of drug-likeness (QED) is 0.0561. The Bertz CT molecular complexity index is 1530. The van der Waals surface area contributed by atoms with Gasteiger partial charge in [0.2, 0.25) is 11.8 Å². The molecule has 3 saturated heterocycles. The van der Waals surface area contributed by atoms with Crippen LogP contribution in [0, 0.1) is 23.7 Å². The molecule has 3 heterocycles. The highest BCUT2D eigenvalue weighted by Crippen LogP contribution is 2.33. The zero-order valence-electron chi connectivity index (χ0n) is 37.4. The number of hydrazine groups is 2. The number of nitrogens with zero attached hydrogens (tertiary/aromatic N) is 3. The molecule has 3 rings (SSSR count). The highest BCUT2D eigenvalue weighted by atomic mass is 16.7. The molecule has 0 bridgehead atoms. The van der Waals surface area contributed by atoms with Crippen LogP contribution in [0.4, 0.5) is 0 Å². The Morgan fingerprint density at radius 1 is 0.918 bits per heavy atom. The lowest BCUT2D eigenvalue weighted by Crippen LogP contribution is -2.67. The number of hydrogen-bond acceptors (Lipinski definition) is 15. The van der Waals surface area contributed by atoms with Gasteiger partial charge >= 0.3 is 11.9 Å². The number of carbonyl (C=O) groups excluding carboxylic acids is 8. The molecule has 0 aromatic carbocycles. The summed E-state index contributed by atoms with van der Waals surface area (Å²) >= 11 is 0. The first-order chi connectivity index (χ1) is 28.9. The summed E-state index contributed by atoms with van der Waals surface area (Å²) in [5.74, 6) is -5.75. The molecule has 20 nitrogen and oxygen atoms in total. The average molecular weight is 866 g/mol. The number of nitrogens with one attached hydrogen (secondary N) is 5. The van der Waals surface area contributed by atoms with E-state index < -0.39 is 102 Å². The number of hydrogen-bond donors (Lipinski definition) is 6. The van der Waals surface area contributed by atoms with Crippen molar-refractivity contribution in [1.82, 2.24) is 41.9 Å². The van der Waals surface area contributed by atoms with E-state index in [1.807, 2.05) is 6.92 Å². The summed E-state index contributed by atoms with van der Waals surface area (Å²) in [7, 11) is 1.58. The molecular weight excluding hydrogens is 795 g/mol. The van der Waals surface area contributed by atoms with E-state index in [1.165, 1.54) is 6.92 Å². The first-order valence-corrected chi connectivity index (χ1v) is 21.8. The fourth-order valence-corrected chi connectivity index (χ4v) is 7.78. The van der Waals surface area contributed by atoms with E-state index in [2.05, 4.69) is 40.6 Å². The number of esters is 1. The predicted molar refractivity (Wildman–Crippen MR) is 222 cm³/mol. The largest absolute Gasteiger partial charge is 0.458 e. The first kappa shape index (κ1) is 51.1. The summed E-state index contributed by atoms with van der Waals surface area (Å²) in [4.78, 5) is 113. The van der Waals surface area contributed by atoms with Crippen molar-refractivity contribution in [2.45, 2.75) is 155 Å².